The summed E-state index contributed by atoms with van der Waals surface area (Å²) in [7, 11) is 0. The van der Waals surface area contributed by atoms with Crippen molar-refractivity contribution < 1.29 is 0 Å². The largest absolute Gasteiger partial charge is 0.294 e. The molecule has 0 amide bonds. The highest BCUT2D eigenvalue weighted by molar-refractivity contribution is 5.21. The summed E-state index contributed by atoms with van der Waals surface area (Å²) in [6.45, 7) is 2.72. The maximum Gasteiger partial charge on any atom is 0.264 e. The van der Waals surface area contributed by atoms with Gasteiger partial charge in [-0.3, -0.25) is 9.69 Å². The minimum Gasteiger partial charge on any atom is -0.294 e. The average molecular weight is 241 g/mol. The molecule has 0 fully saturated rings. The molecule has 2 heterocycles. The Bertz CT molecular complexity index is 591. The smallest absolute Gasteiger partial charge is 0.264 e. The molecule has 0 aliphatic carbocycles. The number of nitrogens with zero attached hydrogens (tertiary/aromatic N) is 2. The Morgan fingerprint density at radius 1 is 1.28 bits per heavy atom. The quantitative estimate of drug-likeness (QED) is 0.863. The number of hydrogen-bond acceptors (Lipinski definition) is 3. The normalized spacial score (nSPS) is 15.3. The van der Waals surface area contributed by atoms with Crippen molar-refractivity contribution >= 4 is 0 Å². The number of rotatable bonds is 2. The van der Waals surface area contributed by atoms with E-state index in [9.17, 15) is 4.79 Å². The fourth-order valence-electron chi connectivity index (χ4n) is 2.38. The molecule has 0 saturated carbocycles. The van der Waals surface area contributed by atoms with Crippen LogP contribution >= 0.6 is 0 Å². The molecular weight excluding hydrogens is 226 g/mol. The van der Waals surface area contributed by atoms with Crippen molar-refractivity contribution in [2.45, 2.75) is 19.5 Å². The second kappa shape index (κ2) is 4.74. The average Bonchev–Trinajstić information content (AvgIpc) is 2.39. The van der Waals surface area contributed by atoms with E-state index in [2.05, 4.69) is 39.4 Å². The highest BCUT2D eigenvalue weighted by Gasteiger charge is 2.17. The Hall–Kier alpha value is -1.94. The second-order valence-electron chi connectivity index (χ2n) is 4.65. The van der Waals surface area contributed by atoms with Crippen LogP contribution in [0.4, 0.5) is 0 Å². The molecule has 0 atom stereocenters. The van der Waals surface area contributed by atoms with E-state index in [4.69, 9.17) is 0 Å². The number of aromatic nitrogens is 2. The van der Waals surface area contributed by atoms with Gasteiger partial charge in [-0.05, 0) is 11.1 Å². The van der Waals surface area contributed by atoms with E-state index in [1.54, 1.807) is 6.07 Å². The highest BCUT2D eigenvalue weighted by Crippen LogP contribution is 2.16. The first kappa shape index (κ1) is 11.2. The van der Waals surface area contributed by atoms with Crippen molar-refractivity contribution in [3.05, 3.63) is 63.6 Å². The van der Waals surface area contributed by atoms with Crippen LogP contribution in [-0.4, -0.2) is 21.6 Å². The summed E-state index contributed by atoms with van der Waals surface area (Å²) >= 11 is 0. The van der Waals surface area contributed by atoms with Gasteiger partial charge in [-0.25, -0.2) is 5.10 Å². The molecule has 1 N–H and O–H groups in total. The molecule has 3 rings (SSSR count). The van der Waals surface area contributed by atoms with Crippen LogP contribution in [0.25, 0.3) is 0 Å². The van der Waals surface area contributed by atoms with Gasteiger partial charge in [0.15, 0.2) is 0 Å². The Morgan fingerprint density at radius 2 is 2.11 bits per heavy atom. The lowest BCUT2D eigenvalue weighted by molar-refractivity contribution is 0.242. The number of benzene rings is 1. The molecular formula is C14H15N3O. The SMILES string of the molecule is O=c1cc2c(n[nH]1)CCN(Cc1ccccc1)C2. The molecule has 92 valence electrons. The maximum absolute atomic E-state index is 11.3. The van der Waals surface area contributed by atoms with Gasteiger partial charge in [0.05, 0.1) is 5.69 Å². The number of H-pyrrole nitrogens is 1. The van der Waals surface area contributed by atoms with Gasteiger partial charge in [0.2, 0.25) is 0 Å². The van der Waals surface area contributed by atoms with Crippen LogP contribution in [0.1, 0.15) is 16.8 Å². The van der Waals surface area contributed by atoms with Crippen molar-refractivity contribution in [1.29, 1.82) is 0 Å². The fraction of sp³-hybridized carbons (Fsp3) is 0.286. The Kier molecular flexibility index (Phi) is 2.94. The first-order chi connectivity index (χ1) is 8.81. The lowest BCUT2D eigenvalue weighted by Gasteiger charge is -2.27. The van der Waals surface area contributed by atoms with Crippen molar-refractivity contribution in [3.63, 3.8) is 0 Å². The molecule has 2 aromatic rings. The van der Waals surface area contributed by atoms with E-state index in [1.807, 2.05) is 6.07 Å². The van der Waals surface area contributed by atoms with E-state index in [0.29, 0.717) is 0 Å². The molecule has 4 nitrogen and oxygen atoms in total. The van der Waals surface area contributed by atoms with Crippen LogP contribution in [0, 0.1) is 0 Å². The maximum atomic E-state index is 11.3. The Balaban J connectivity index is 1.77. The number of nitrogens with one attached hydrogen (secondary N) is 1. The van der Waals surface area contributed by atoms with Gasteiger partial charge in [-0.15, -0.1) is 0 Å². The summed E-state index contributed by atoms with van der Waals surface area (Å²) in [5.41, 5.74) is 3.27. The minimum atomic E-state index is -0.115. The zero-order valence-electron chi connectivity index (χ0n) is 10.1. The molecule has 1 aromatic carbocycles. The van der Waals surface area contributed by atoms with E-state index >= 15 is 0 Å². The van der Waals surface area contributed by atoms with E-state index < -0.39 is 0 Å². The fourth-order valence-corrected chi connectivity index (χ4v) is 2.38. The third kappa shape index (κ3) is 2.33. The topological polar surface area (TPSA) is 49.0 Å². The molecule has 18 heavy (non-hydrogen) atoms. The zero-order chi connectivity index (χ0) is 12.4. The van der Waals surface area contributed by atoms with E-state index in [0.717, 1.165) is 37.3 Å². The predicted octanol–water partition coefficient (Wildman–Crippen LogP) is 1.33. The zero-order valence-corrected chi connectivity index (χ0v) is 10.1. The molecule has 0 saturated heterocycles. The van der Waals surface area contributed by atoms with Gasteiger partial charge < -0.3 is 0 Å². The molecule has 0 unspecified atom stereocenters. The number of fused-ring (bicyclic) bond motifs is 1. The summed E-state index contributed by atoms with van der Waals surface area (Å²) in [6, 6.07) is 12.1. The summed E-state index contributed by atoms with van der Waals surface area (Å²) in [5.74, 6) is 0. The molecule has 1 aliphatic heterocycles. The van der Waals surface area contributed by atoms with Crippen LogP contribution in [0.2, 0.25) is 0 Å². The number of hydrogen-bond donors (Lipinski definition) is 1. The lowest BCUT2D eigenvalue weighted by Crippen LogP contribution is -2.32. The molecule has 4 heteroatoms. The van der Waals surface area contributed by atoms with Crippen LogP contribution in [-0.2, 0) is 19.5 Å². The predicted molar refractivity (Wildman–Crippen MR) is 69.1 cm³/mol. The summed E-state index contributed by atoms with van der Waals surface area (Å²) in [5, 5.41) is 6.60. The molecule has 0 radical (unpaired) electrons. The van der Waals surface area contributed by atoms with Crippen molar-refractivity contribution in [2.75, 3.05) is 6.54 Å². The van der Waals surface area contributed by atoms with Gasteiger partial charge in [0.25, 0.3) is 5.56 Å². The Morgan fingerprint density at radius 3 is 2.94 bits per heavy atom. The summed E-state index contributed by atoms with van der Waals surface area (Å²) < 4.78 is 0. The van der Waals surface area contributed by atoms with E-state index in [-0.39, 0.29) is 5.56 Å². The van der Waals surface area contributed by atoms with Crippen LogP contribution in [0.3, 0.4) is 0 Å². The van der Waals surface area contributed by atoms with Crippen LogP contribution < -0.4 is 5.56 Å². The van der Waals surface area contributed by atoms with Crippen LogP contribution in [0.5, 0.6) is 0 Å². The molecule has 0 bridgehead atoms. The monoisotopic (exact) mass is 241 g/mol. The van der Waals surface area contributed by atoms with Crippen molar-refractivity contribution in [3.8, 4) is 0 Å². The highest BCUT2D eigenvalue weighted by atomic mass is 16.1. The summed E-state index contributed by atoms with van der Waals surface area (Å²) in [6.07, 6.45) is 0.902. The standard InChI is InChI=1S/C14H15N3O/c18-14-8-12-10-17(7-6-13(12)15-16-14)9-11-4-2-1-3-5-11/h1-5,8H,6-7,9-10H2,(H,16,18). The molecule has 1 aromatic heterocycles. The van der Waals surface area contributed by atoms with Crippen molar-refractivity contribution in [1.82, 2.24) is 15.1 Å². The third-order valence-electron chi connectivity index (χ3n) is 3.28. The Labute approximate surface area is 105 Å². The number of aromatic amines is 1. The third-order valence-corrected chi connectivity index (χ3v) is 3.28. The first-order valence-corrected chi connectivity index (χ1v) is 6.15. The van der Waals surface area contributed by atoms with Crippen LogP contribution in [0.15, 0.2) is 41.2 Å². The van der Waals surface area contributed by atoms with Gasteiger partial charge in [0, 0.05) is 32.1 Å². The molecule has 1 aliphatic rings. The van der Waals surface area contributed by atoms with Crippen molar-refractivity contribution in [2.24, 2.45) is 0 Å². The van der Waals surface area contributed by atoms with Gasteiger partial charge in [0.1, 0.15) is 0 Å². The van der Waals surface area contributed by atoms with Gasteiger partial charge in [-0.2, -0.15) is 5.10 Å². The van der Waals surface area contributed by atoms with E-state index in [1.165, 1.54) is 5.56 Å². The van der Waals surface area contributed by atoms with Gasteiger partial charge >= 0.3 is 0 Å². The minimum absolute atomic E-state index is 0.115. The second-order valence-corrected chi connectivity index (χ2v) is 4.65. The summed E-state index contributed by atoms with van der Waals surface area (Å²) in [4.78, 5) is 13.6. The molecule has 0 spiro atoms. The van der Waals surface area contributed by atoms with Gasteiger partial charge in [-0.1, -0.05) is 30.3 Å². The first-order valence-electron chi connectivity index (χ1n) is 6.15. The lowest BCUT2D eigenvalue weighted by atomic mass is 10.1.